The van der Waals surface area contributed by atoms with Crippen molar-refractivity contribution >= 4 is 6.29 Å². The van der Waals surface area contributed by atoms with E-state index in [0.29, 0.717) is 5.56 Å². The van der Waals surface area contributed by atoms with Crippen LogP contribution in [0.5, 0.6) is 0 Å². The highest BCUT2D eigenvalue weighted by atomic mass is 16.1. The second-order valence-electron chi connectivity index (χ2n) is 4.01. The lowest BCUT2D eigenvalue weighted by Gasteiger charge is -2.07. The minimum atomic E-state index is 0.660. The molecule has 0 fully saturated rings. The summed E-state index contributed by atoms with van der Waals surface area (Å²) in [6.45, 7) is 3.00. The Balaban J connectivity index is 2.42. The SMILES string of the molecule is CCCCn1ncc(C=O)c1-c1ccccc1. The van der Waals surface area contributed by atoms with Crippen LogP contribution in [0.2, 0.25) is 0 Å². The van der Waals surface area contributed by atoms with Crippen LogP contribution in [0.25, 0.3) is 11.3 Å². The number of carbonyl (C=O) groups is 1. The number of aryl methyl sites for hydroxylation is 1. The molecule has 0 saturated carbocycles. The molecule has 0 spiro atoms. The summed E-state index contributed by atoms with van der Waals surface area (Å²) in [6.07, 6.45) is 4.70. The number of benzene rings is 1. The van der Waals surface area contributed by atoms with E-state index in [0.717, 1.165) is 36.9 Å². The molecule has 1 aromatic carbocycles. The predicted molar refractivity (Wildman–Crippen MR) is 68.0 cm³/mol. The van der Waals surface area contributed by atoms with Gasteiger partial charge in [-0.3, -0.25) is 9.48 Å². The Kier molecular flexibility index (Phi) is 3.70. The molecule has 0 saturated heterocycles. The highest BCUT2D eigenvalue weighted by Gasteiger charge is 2.11. The van der Waals surface area contributed by atoms with Gasteiger partial charge in [0.1, 0.15) is 0 Å². The lowest BCUT2D eigenvalue weighted by Crippen LogP contribution is -2.02. The molecule has 0 atom stereocenters. The van der Waals surface area contributed by atoms with E-state index in [1.807, 2.05) is 35.0 Å². The number of unbranched alkanes of at least 4 members (excludes halogenated alkanes) is 1. The molecular weight excluding hydrogens is 212 g/mol. The molecule has 0 radical (unpaired) electrons. The molecule has 3 nitrogen and oxygen atoms in total. The largest absolute Gasteiger partial charge is 0.298 e. The minimum absolute atomic E-state index is 0.660. The molecule has 0 N–H and O–H groups in total. The van der Waals surface area contributed by atoms with Crippen molar-refractivity contribution in [1.82, 2.24) is 9.78 Å². The average Bonchev–Trinajstić information content (AvgIpc) is 2.80. The third-order valence-corrected chi connectivity index (χ3v) is 2.77. The number of hydrogen-bond donors (Lipinski definition) is 0. The average molecular weight is 228 g/mol. The van der Waals surface area contributed by atoms with Gasteiger partial charge in [-0.05, 0) is 6.42 Å². The summed E-state index contributed by atoms with van der Waals surface area (Å²) >= 11 is 0. The summed E-state index contributed by atoms with van der Waals surface area (Å²) in [5.41, 5.74) is 2.63. The lowest BCUT2D eigenvalue weighted by molar-refractivity contribution is 0.112. The van der Waals surface area contributed by atoms with Crippen LogP contribution in [0, 0.1) is 0 Å². The van der Waals surface area contributed by atoms with Crippen LogP contribution in [0.15, 0.2) is 36.5 Å². The molecule has 0 aliphatic heterocycles. The fourth-order valence-electron chi connectivity index (χ4n) is 1.88. The van der Waals surface area contributed by atoms with Gasteiger partial charge in [-0.1, -0.05) is 43.7 Å². The predicted octanol–water partition coefficient (Wildman–Crippen LogP) is 3.16. The summed E-state index contributed by atoms with van der Waals surface area (Å²) in [5.74, 6) is 0. The van der Waals surface area contributed by atoms with E-state index < -0.39 is 0 Å². The molecule has 1 heterocycles. The van der Waals surface area contributed by atoms with Crippen LogP contribution in [0.3, 0.4) is 0 Å². The van der Waals surface area contributed by atoms with Crippen LogP contribution in [-0.2, 0) is 6.54 Å². The van der Waals surface area contributed by atoms with Gasteiger partial charge < -0.3 is 0 Å². The first kappa shape index (κ1) is 11.6. The molecule has 17 heavy (non-hydrogen) atoms. The highest BCUT2D eigenvalue weighted by Crippen LogP contribution is 2.22. The monoisotopic (exact) mass is 228 g/mol. The summed E-state index contributed by atoms with van der Waals surface area (Å²) in [5, 5.41) is 4.29. The first-order chi connectivity index (χ1) is 8.36. The van der Waals surface area contributed by atoms with Crippen LogP contribution >= 0.6 is 0 Å². The summed E-state index contributed by atoms with van der Waals surface area (Å²) in [6, 6.07) is 9.93. The van der Waals surface area contributed by atoms with Crippen molar-refractivity contribution in [3.8, 4) is 11.3 Å². The maximum atomic E-state index is 11.0. The molecule has 0 amide bonds. The van der Waals surface area contributed by atoms with Crippen molar-refractivity contribution in [3.05, 3.63) is 42.1 Å². The quantitative estimate of drug-likeness (QED) is 0.737. The van der Waals surface area contributed by atoms with E-state index in [9.17, 15) is 4.79 Å². The standard InChI is InChI=1S/C14H16N2O/c1-2-3-9-16-14(13(11-17)10-15-16)12-7-5-4-6-8-12/h4-8,10-11H,2-3,9H2,1H3. The zero-order valence-corrected chi connectivity index (χ0v) is 9.97. The van der Waals surface area contributed by atoms with E-state index in [-0.39, 0.29) is 0 Å². The Labute approximate surface area is 101 Å². The second kappa shape index (κ2) is 5.43. The molecule has 0 unspecified atom stereocenters. The van der Waals surface area contributed by atoms with E-state index in [2.05, 4.69) is 12.0 Å². The number of carbonyl (C=O) groups excluding carboxylic acids is 1. The summed E-state index contributed by atoms with van der Waals surface area (Å²) in [7, 11) is 0. The molecule has 88 valence electrons. The zero-order chi connectivity index (χ0) is 12.1. The van der Waals surface area contributed by atoms with Gasteiger partial charge in [0.05, 0.1) is 17.5 Å². The smallest absolute Gasteiger partial charge is 0.153 e. The van der Waals surface area contributed by atoms with E-state index in [1.54, 1.807) is 6.20 Å². The maximum absolute atomic E-state index is 11.0. The van der Waals surface area contributed by atoms with Crippen molar-refractivity contribution in [2.45, 2.75) is 26.3 Å². The van der Waals surface area contributed by atoms with E-state index in [1.165, 1.54) is 0 Å². The molecule has 0 aliphatic rings. The molecule has 0 aliphatic carbocycles. The van der Waals surface area contributed by atoms with Crippen molar-refractivity contribution in [3.63, 3.8) is 0 Å². The van der Waals surface area contributed by atoms with Crippen LogP contribution in [-0.4, -0.2) is 16.1 Å². The zero-order valence-electron chi connectivity index (χ0n) is 9.97. The fraction of sp³-hybridized carbons (Fsp3) is 0.286. The first-order valence-corrected chi connectivity index (χ1v) is 5.93. The van der Waals surface area contributed by atoms with Crippen LogP contribution in [0.1, 0.15) is 30.1 Å². The molecule has 2 rings (SSSR count). The summed E-state index contributed by atoms with van der Waals surface area (Å²) < 4.78 is 1.92. The lowest BCUT2D eigenvalue weighted by atomic mass is 10.1. The fourth-order valence-corrected chi connectivity index (χ4v) is 1.88. The van der Waals surface area contributed by atoms with Crippen molar-refractivity contribution in [1.29, 1.82) is 0 Å². The van der Waals surface area contributed by atoms with Gasteiger partial charge in [-0.15, -0.1) is 0 Å². The van der Waals surface area contributed by atoms with Gasteiger partial charge in [0.25, 0.3) is 0 Å². The van der Waals surface area contributed by atoms with Gasteiger partial charge >= 0.3 is 0 Å². The van der Waals surface area contributed by atoms with Gasteiger partial charge in [0, 0.05) is 12.1 Å². The first-order valence-electron chi connectivity index (χ1n) is 5.93. The van der Waals surface area contributed by atoms with E-state index >= 15 is 0 Å². The third-order valence-electron chi connectivity index (χ3n) is 2.77. The Morgan fingerprint density at radius 1 is 1.29 bits per heavy atom. The number of aromatic nitrogens is 2. The molecule has 3 heteroatoms. The number of aldehydes is 1. The van der Waals surface area contributed by atoms with Gasteiger partial charge in [-0.2, -0.15) is 5.10 Å². The Hall–Kier alpha value is -1.90. The molecule has 2 aromatic rings. The van der Waals surface area contributed by atoms with Crippen molar-refractivity contribution in [2.75, 3.05) is 0 Å². The van der Waals surface area contributed by atoms with Gasteiger partial charge in [0.2, 0.25) is 0 Å². The van der Waals surface area contributed by atoms with Crippen molar-refractivity contribution in [2.24, 2.45) is 0 Å². The third kappa shape index (κ3) is 2.44. The second-order valence-corrected chi connectivity index (χ2v) is 4.01. The van der Waals surface area contributed by atoms with Crippen molar-refractivity contribution < 1.29 is 4.79 Å². The Morgan fingerprint density at radius 3 is 2.71 bits per heavy atom. The number of hydrogen-bond acceptors (Lipinski definition) is 2. The van der Waals surface area contributed by atoms with Crippen LogP contribution < -0.4 is 0 Å². The number of rotatable bonds is 5. The molecular formula is C14H16N2O. The summed E-state index contributed by atoms with van der Waals surface area (Å²) in [4.78, 5) is 11.0. The molecule has 0 bridgehead atoms. The number of nitrogens with zero attached hydrogens (tertiary/aromatic N) is 2. The molecule has 1 aromatic heterocycles. The maximum Gasteiger partial charge on any atom is 0.153 e. The van der Waals surface area contributed by atoms with Gasteiger partial charge in [0.15, 0.2) is 6.29 Å². The van der Waals surface area contributed by atoms with Crippen LogP contribution in [0.4, 0.5) is 0 Å². The Bertz CT molecular complexity index is 488. The highest BCUT2D eigenvalue weighted by molar-refractivity contribution is 5.85. The van der Waals surface area contributed by atoms with E-state index in [4.69, 9.17) is 0 Å². The Morgan fingerprint density at radius 2 is 2.06 bits per heavy atom. The topological polar surface area (TPSA) is 34.9 Å². The minimum Gasteiger partial charge on any atom is -0.298 e. The van der Waals surface area contributed by atoms with Gasteiger partial charge in [-0.25, -0.2) is 0 Å². The normalized spacial score (nSPS) is 10.4.